The molecule has 1 aromatic heterocycles. The number of nitrogens with one attached hydrogen (secondary N) is 2. The Hall–Kier alpha value is -3.49. The number of piperidine rings is 1. The van der Waals surface area contributed by atoms with Crippen molar-refractivity contribution in [2.75, 3.05) is 23.7 Å². The van der Waals surface area contributed by atoms with E-state index in [9.17, 15) is 9.59 Å². The van der Waals surface area contributed by atoms with Gasteiger partial charge in [0.05, 0.1) is 10.6 Å². The Balaban J connectivity index is 1.49. The van der Waals surface area contributed by atoms with E-state index < -0.39 is 5.60 Å². The van der Waals surface area contributed by atoms with Gasteiger partial charge in [0.25, 0.3) is 5.91 Å². The number of likely N-dealkylation sites (tertiary alicyclic amines) is 1. The molecule has 1 saturated heterocycles. The first-order valence-electron chi connectivity index (χ1n) is 14.4. The Kier molecular flexibility index (Phi) is 10.1. The van der Waals surface area contributed by atoms with Crippen molar-refractivity contribution in [1.29, 1.82) is 0 Å². The molecule has 8 nitrogen and oxygen atoms in total. The number of nitrogens with zero attached hydrogens (tertiary/aromatic N) is 2. The lowest BCUT2D eigenvalue weighted by Gasteiger charge is -2.34. The normalized spacial score (nSPS) is 14.3. The second-order valence-corrected chi connectivity index (χ2v) is 13.6. The van der Waals surface area contributed by atoms with Gasteiger partial charge in [-0.05, 0) is 68.1 Å². The summed E-state index contributed by atoms with van der Waals surface area (Å²) in [7, 11) is 0. The third kappa shape index (κ3) is 9.25. The number of aromatic nitrogens is 1. The van der Waals surface area contributed by atoms with Crippen LogP contribution in [0.5, 0.6) is 5.75 Å². The molecular formula is C33H40Cl2N4O4. The molecule has 1 aliphatic rings. The van der Waals surface area contributed by atoms with E-state index in [1.54, 1.807) is 35.2 Å². The van der Waals surface area contributed by atoms with Crippen LogP contribution >= 0.6 is 23.2 Å². The number of anilines is 2. The third-order valence-corrected chi connectivity index (χ3v) is 7.44. The third-order valence-electron chi connectivity index (χ3n) is 6.99. The van der Waals surface area contributed by atoms with Crippen LogP contribution in [-0.4, -0.2) is 46.7 Å². The van der Waals surface area contributed by atoms with Crippen molar-refractivity contribution in [2.24, 2.45) is 0 Å². The Bertz CT molecular complexity index is 1440. The van der Waals surface area contributed by atoms with Gasteiger partial charge in [0.15, 0.2) is 0 Å². The second-order valence-electron chi connectivity index (χ2n) is 12.7. The summed E-state index contributed by atoms with van der Waals surface area (Å²) in [5.74, 6) is 0.809. The molecule has 2 aromatic carbocycles. The average molecular weight is 628 g/mol. The van der Waals surface area contributed by atoms with Gasteiger partial charge in [-0.25, -0.2) is 9.78 Å². The van der Waals surface area contributed by atoms with Gasteiger partial charge >= 0.3 is 6.09 Å². The number of hydrogen-bond donors (Lipinski definition) is 2. The molecule has 230 valence electrons. The predicted molar refractivity (Wildman–Crippen MR) is 173 cm³/mol. The highest BCUT2D eigenvalue weighted by Gasteiger charge is 2.28. The van der Waals surface area contributed by atoms with Crippen LogP contribution in [0.4, 0.5) is 16.3 Å². The number of pyridine rings is 1. The van der Waals surface area contributed by atoms with Crippen LogP contribution in [0.25, 0.3) is 0 Å². The summed E-state index contributed by atoms with van der Waals surface area (Å²) < 4.78 is 12.1. The standard InChI is InChI=1S/C33H40Cl2N4O4/c1-32(2,3)22-8-7-21(28(17-22)42-25-13-15-39(16-14-25)31(41)43-33(4,5)6)19-36-27-11-9-23(34)18-26(27)30(40)38-29-12-10-24(35)20-37-29/h7-12,17-18,20,25,36H,13-16,19H2,1-6H3,(H,37,38,40). The van der Waals surface area contributed by atoms with E-state index in [4.69, 9.17) is 32.7 Å². The van der Waals surface area contributed by atoms with Crippen molar-refractivity contribution in [3.8, 4) is 5.75 Å². The van der Waals surface area contributed by atoms with Crippen LogP contribution in [0, 0.1) is 0 Å². The van der Waals surface area contributed by atoms with E-state index in [0.29, 0.717) is 59.6 Å². The first kappa shape index (κ1) is 32.4. The van der Waals surface area contributed by atoms with Crippen LogP contribution in [0.2, 0.25) is 10.0 Å². The summed E-state index contributed by atoms with van der Waals surface area (Å²) in [6.07, 6.45) is 2.54. The van der Waals surface area contributed by atoms with Gasteiger partial charge in [0.2, 0.25) is 0 Å². The minimum atomic E-state index is -0.531. The fourth-order valence-corrected chi connectivity index (χ4v) is 4.91. The first-order valence-corrected chi connectivity index (χ1v) is 15.2. The molecule has 0 radical (unpaired) electrons. The molecule has 2 heterocycles. The average Bonchev–Trinajstić information content (AvgIpc) is 2.93. The molecule has 2 N–H and O–H groups in total. The molecule has 3 aromatic rings. The van der Waals surface area contributed by atoms with Crippen molar-refractivity contribution in [3.05, 3.63) is 81.5 Å². The van der Waals surface area contributed by atoms with Crippen LogP contribution in [0.1, 0.15) is 75.9 Å². The number of carbonyl (C=O) groups is 2. The first-order chi connectivity index (χ1) is 20.2. The lowest BCUT2D eigenvalue weighted by atomic mass is 9.86. The maximum Gasteiger partial charge on any atom is 0.410 e. The lowest BCUT2D eigenvalue weighted by Crippen LogP contribution is -2.44. The zero-order valence-corrected chi connectivity index (χ0v) is 27.1. The molecule has 2 amide bonds. The Labute approximate surface area is 264 Å². The molecular weight excluding hydrogens is 587 g/mol. The maximum absolute atomic E-state index is 13.2. The number of rotatable bonds is 7. The number of carbonyl (C=O) groups excluding carboxylic acids is 2. The molecule has 1 aliphatic heterocycles. The van der Waals surface area contributed by atoms with Crippen LogP contribution < -0.4 is 15.4 Å². The highest BCUT2D eigenvalue weighted by molar-refractivity contribution is 6.31. The van der Waals surface area contributed by atoms with Crippen LogP contribution in [0.3, 0.4) is 0 Å². The van der Waals surface area contributed by atoms with E-state index >= 15 is 0 Å². The predicted octanol–water partition coefficient (Wildman–Crippen LogP) is 8.33. The maximum atomic E-state index is 13.2. The summed E-state index contributed by atoms with van der Waals surface area (Å²) in [5, 5.41) is 7.12. The minimum Gasteiger partial charge on any atom is -0.490 e. The Morgan fingerprint density at radius 1 is 0.953 bits per heavy atom. The van der Waals surface area contributed by atoms with Crippen molar-refractivity contribution in [1.82, 2.24) is 9.88 Å². The highest BCUT2D eigenvalue weighted by Crippen LogP contribution is 2.32. The monoisotopic (exact) mass is 626 g/mol. The van der Waals surface area contributed by atoms with Gasteiger partial charge in [-0.1, -0.05) is 56.1 Å². The largest absolute Gasteiger partial charge is 0.490 e. The van der Waals surface area contributed by atoms with Crippen LogP contribution in [0.15, 0.2) is 54.7 Å². The van der Waals surface area contributed by atoms with Gasteiger partial charge in [-0.3, -0.25) is 4.79 Å². The molecule has 0 bridgehead atoms. The second kappa shape index (κ2) is 13.4. The summed E-state index contributed by atoms with van der Waals surface area (Å²) in [5.41, 5.74) is 2.50. The number of benzene rings is 2. The Morgan fingerprint density at radius 3 is 2.28 bits per heavy atom. The zero-order valence-electron chi connectivity index (χ0n) is 25.6. The molecule has 1 fully saturated rings. The summed E-state index contributed by atoms with van der Waals surface area (Å²) in [4.78, 5) is 31.6. The number of ether oxygens (including phenoxy) is 2. The quantitative estimate of drug-likeness (QED) is 0.274. The SMILES string of the molecule is CC(C)(C)OC(=O)N1CCC(Oc2cc(C(C)(C)C)ccc2CNc2ccc(Cl)cc2C(=O)Nc2ccc(Cl)cn2)CC1. The van der Waals surface area contributed by atoms with Crippen molar-refractivity contribution in [3.63, 3.8) is 0 Å². The summed E-state index contributed by atoms with van der Waals surface area (Å²) >= 11 is 12.2. The molecule has 43 heavy (non-hydrogen) atoms. The summed E-state index contributed by atoms with van der Waals surface area (Å²) in [6.45, 7) is 13.7. The lowest BCUT2D eigenvalue weighted by molar-refractivity contribution is 0.0125. The van der Waals surface area contributed by atoms with E-state index in [1.807, 2.05) is 20.8 Å². The van der Waals surface area contributed by atoms with Crippen molar-refractivity contribution < 1.29 is 19.1 Å². The number of hydrogen-bond acceptors (Lipinski definition) is 6. The molecule has 4 rings (SSSR count). The Morgan fingerprint density at radius 2 is 1.65 bits per heavy atom. The van der Waals surface area contributed by atoms with Gasteiger partial charge in [-0.2, -0.15) is 0 Å². The fourth-order valence-electron chi connectivity index (χ4n) is 4.62. The number of amides is 2. The van der Waals surface area contributed by atoms with Crippen molar-refractivity contribution in [2.45, 2.75) is 78.0 Å². The van der Waals surface area contributed by atoms with E-state index in [1.165, 1.54) is 6.20 Å². The topological polar surface area (TPSA) is 92.8 Å². The van der Waals surface area contributed by atoms with E-state index in [-0.39, 0.29) is 23.5 Å². The van der Waals surface area contributed by atoms with Gasteiger partial charge in [-0.15, -0.1) is 0 Å². The smallest absolute Gasteiger partial charge is 0.410 e. The molecule has 0 saturated carbocycles. The minimum absolute atomic E-state index is 0.0450. The fraction of sp³-hybridized carbons (Fsp3) is 0.424. The number of halogens is 2. The zero-order chi connectivity index (χ0) is 31.4. The van der Waals surface area contributed by atoms with Gasteiger partial charge in [0.1, 0.15) is 23.3 Å². The van der Waals surface area contributed by atoms with Gasteiger partial charge in [0, 0.05) is 54.9 Å². The molecule has 0 unspecified atom stereocenters. The van der Waals surface area contributed by atoms with Crippen molar-refractivity contribution >= 4 is 46.7 Å². The highest BCUT2D eigenvalue weighted by atomic mass is 35.5. The molecule has 0 spiro atoms. The summed E-state index contributed by atoms with van der Waals surface area (Å²) in [6, 6.07) is 14.7. The van der Waals surface area contributed by atoms with Gasteiger partial charge < -0.3 is 25.0 Å². The van der Waals surface area contributed by atoms with E-state index in [2.05, 4.69) is 54.6 Å². The molecule has 0 atom stereocenters. The molecule has 10 heteroatoms. The van der Waals surface area contributed by atoms with Crippen LogP contribution in [-0.2, 0) is 16.7 Å². The van der Waals surface area contributed by atoms with E-state index in [0.717, 1.165) is 16.9 Å². The molecule has 0 aliphatic carbocycles.